The van der Waals surface area contributed by atoms with Crippen molar-refractivity contribution in [2.45, 2.75) is 45.8 Å². The molecule has 8 nitrogen and oxygen atoms in total. The SMILES string of the molecule is C[C@H]1CN(C(=O)Cc2cccc(OCC(=O)O)c2)CCN1C(=O)OC(C)(C)C. The average molecular weight is 392 g/mol. The molecule has 1 aromatic rings. The lowest BCUT2D eigenvalue weighted by atomic mass is 10.1. The zero-order valence-corrected chi connectivity index (χ0v) is 16.8. The van der Waals surface area contributed by atoms with Crippen LogP contribution >= 0.6 is 0 Å². The number of hydrogen-bond acceptors (Lipinski definition) is 5. The number of benzene rings is 1. The van der Waals surface area contributed by atoms with Crippen LogP contribution < -0.4 is 4.74 Å². The maximum atomic E-state index is 12.7. The standard InChI is InChI=1S/C20H28N2O6/c1-14-12-21(8-9-22(14)19(26)28-20(2,3)4)17(23)11-15-6-5-7-16(10-15)27-13-18(24)25/h5-7,10,14H,8-9,11-13H2,1-4H3,(H,24,25)/t14-/m0/s1. The van der Waals surface area contributed by atoms with Crippen molar-refractivity contribution in [3.05, 3.63) is 29.8 Å². The van der Waals surface area contributed by atoms with Crippen LogP contribution in [0, 0.1) is 0 Å². The highest BCUT2D eigenvalue weighted by Gasteiger charge is 2.32. The number of carbonyl (C=O) groups excluding carboxylic acids is 2. The van der Waals surface area contributed by atoms with Gasteiger partial charge in [0.05, 0.1) is 6.42 Å². The summed E-state index contributed by atoms with van der Waals surface area (Å²) in [6.07, 6.45) is -0.181. The molecule has 1 aliphatic rings. The topological polar surface area (TPSA) is 96.4 Å². The minimum Gasteiger partial charge on any atom is -0.482 e. The summed E-state index contributed by atoms with van der Waals surface area (Å²) in [7, 11) is 0. The molecule has 0 unspecified atom stereocenters. The Labute approximate surface area is 165 Å². The molecule has 8 heteroatoms. The van der Waals surface area contributed by atoms with E-state index in [1.54, 1.807) is 34.1 Å². The third-order valence-corrected chi connectivity index (χ3v) is 4.22. The molecule has 0 spiro atoms. The number of carboxylic acid groups (broad SMARTS) is 1. The molecule has 1 aliphatic heterocycles. The molecule has 1 aromatic carbocycles. The average Bonchev–Trinajstić information content (AvgIpc) is 2.58. The summed E-state index contributed by atoms with van der Waals surface area (Å²) in [6, 6.07) is 6.70. The fourth-order valence-electron chi connectivity index (χ4n) is 2.95. The first-order chi connectivity index (χ1) is 13.0. The van der Waals surface area contributed by atoms with Crippen molar-refractivity contribution in [3.63, 3.8) is 0 Å². The minimum atomic E-state index is -1.06. The van der Waals surface area contributed by atoms with Crippen LogP contribution in [0.1, 0.15) is 33.3 Å². The van der Waals surface area contributed by atoms with Crippen LogP contribution in [0.25, 0.3) is 0 Å². The number of hydrogen-bond donors (Lipinski definition) is 1. The monoisotopic (exact) mass is 392 g/mol. The van der Waals surface area contributed by atoms with Crippen molar-refractivity contribution in [1.82, 2.24) is 9.80 Å². The fourth-order valence-corrected chi connectivity index (χ4v) is 2.95. The zero-order chi connectivity index (χ0) is 20.9. The van der Waals surface area contributed by atoms with Gasteiger partial charge in [-0.2, -0.15) is 0 Å². The van der Waals surface area contributed by atoms with E-state index in [4.69, 9.17) is 14.6 Å². The highest BCUT2D eigenvalue weighted by Crippen LogP contribution is 2.18. The first-order valence-electron chi connectivity index (χ1n) is 9.26. The van der Waals surface area contributed by atoms with Crippen LogP contribution in [0.4, 0.5) is 4.79 Å². The number of ether oxygens (including phenoxy) is 2. The van der Waals surface area contributed by atoms with Gasteiger partial charge >= 0.3 is 12.1 Å². The summed E-state index contributed by atoms with van der Waals surface area (Å²) < 4.78 is 10.6. The van der Waals surface area contributed by atoms with Crippen LogP contribution in [0.3, 0.4) is 0 Å². The van der Waals surface area contributed by atoms with E-state index in [9.17, 15) is 14.4 Å². The van der Waals surface area contributed by atoms with Crippen LogP contribution in [0.5, 0.6) is 5.75 Å². The maximum Gasteiger partial charge on any atom is 0.410 e. The number of piperazine rings is 1. The van der Waals surface area contributed by atoms with Crippen molar-refractivity contribution >= 4 is 18.0 Å². The summed E-state index contributed by atoms with van der Waals surface area (Å²) in [5, 5.41) is 8.68. The molecule has 1 fully saturated rings. The Morgan fingerprint density at radius 2 is 1.93 bits per heavy atom. The van der Waals surface area contributed by atoms with Crippen LogP contribution in [0.15, 0.2) is 24.3 Å². The lowest BCUT2D eigenvalue weighted by molar-refractivity contribution is -0.139. The van der Waals surface area contributed by atoms with E-state index in [1.807, 2.05) is 27.7 Å². The first kappa shape index (κ1) is 21.5. The van der Waals surface area contributed by atoms with Gasteiger partial charge in [-0.25, -0.2) is 9.59 Å². The molecular formula is C20H28N2O6. The normalized spacial score (nSPS) is 17.2. The predicted octanol–water partition coefficient (Wildman–Crippen LogP) is 2.16. The van der Waals surface area contributed by atoms with Crippen molar-refractivity contribution in [3.8, 4) is 5.75 Å². The fraction of sp³-hybridized carbons (Fsp3) is 0.550. The Bertz CT molecular complexity index is 728. The van der Waals surface area contributed by atoms with Crippen molar-refractivity contribution in [2.75, 3.05) is 26.2 Å². The molecule has 0 radical (unpaired) electrons. The summed E-state index contributed by atoms with van der Waals surface area (Å²) in [5.41, 5.74) is 0.187. The lowest BCUT2D eigenvalue weighted by Gasteiger charge is -2.40. The largest absolute Gasteiger partial charge is 0.482 e. The molecular weight excluding hydrogens is 364 g/mol. The number of carboxylic acids is 1. The molecule has 0 aliphatic carbocycles. The van der Waals surface area contributed by atoms with E-state index >= 15 is 0 Å². The molecule has 0 bridgehead atoms. The number of carbonyl (C=O) groups is 3. The second-order valence-corrected chi connectivity index (χ2v) is 7.87. The van der Waals surface area contributed by atoms with E-state index in [2.05, 4.69) is 0 Å². The van der Waals surface area contributed by atoms with E-state index in [1.165, 1.54) is 0 Å². The van der Waals surface area contributed by atoms with Gasteiger partial charge in [-0.3, -0.25) is 4.79 Å². The van der Waals surface area contributed by atoms with E-state index in [0.29, 0.717) is 25.4 Å². The molecule has 28 heavy (non-hydrogen) atoms. The van der Waals surface area contributed by atoms with Gasteiger partial charge in [0.2, 0.25) is 5.91 Å². The highest BCUT2D eigenvalue weighted by atomic mass is 16.6. The summed E-state index contributed by atoms with van der Waals surface area (Å²) >= 11 is 0. The van der Waals surface area contributed by atoms with Gasteiger partial charge in [-0.15, -0.1) is 0 Å². The molecule has 1 saturated heterocycles. The second kappa shape index (κ2) is 8.95. The molecule has 2 rings (SSSR count). The zero-order valence-electron chi connectivity index (χ0n) is 16.8. The van der Waals surface area contributed by atoms with E-state index < -0.39 is 18.2 Å². The Hall–Kier alpha value is -2.77. The van der Waals surface area contributed by atoms with Crippen LogP contribution in [0.2, 0.25) is 0 Å². The minimum absolute atomic E-state index is 0.0499. The Kier molecular flexibility index (Phi) is 6.88. The Morgan fingerprint density at radius 1 is 1.21 bits per heavy atom. The number of nitrogens with zero attached hydrogens (tertiary/aromatic N) is 2. The third kappa shape index (κ3) is 6.44. The van der Waals surface area contributed by atoms with E-state index in [-0.39, 0.29) is 24.5 Å². The van der Waals surface area contributed by atoms with Gasteiger partial charge in [0, 0.05) is 25.7 Å². The molecule has 1 heterocycles. The predicted molar refractivity (Wildman–Crippen MR) is 102 cm³/mol. The van der Waals surface area contributed by atoms with Gasteiger partial charge in [0.25, 0.3) is 0 Å². The number of aliphatic carboxylic acids is 1. The number of amides is 2. The lowest BCUT2D eigenvalue weighted by Crippen LogP contribution is -2.56. The van der Waals surface area contributed by atoms with Gasteiger partial charge in [-0.1, -0.05) is 12.1 Å². The second-order valence-electron chi connectivity index (χ2n) is 7.87. The quantitative estimate of drug-likeness (QED) is 0.825. The third-order valence-electron chi connectivity index (χ3n) is 4.22. The van der Waals surface area contributed by atoms with E-state index in [0.717, 1.165) is 5.56 Å². The number of rotatable bonds is 5. The molecule has 1 atom stereocenters. The van der Waals surface area contributed by atoms with Crippen molar-refractivity contribution in [1.29, 1.82) is 0 Å². The summed E-state index contributed by atoms with van der Waals surface area (Å²) in [6.45, 7) is 8.23. The van der Waals surface area contributed by atoms with Crippen LogP contribution in [-0.4, -0.2) is 70.8 Å². The molecule has 154 valence electrons. The van der Waals surface area contributed by atoms with Gasteiger partial charge in [0.15, 0.2) is 6.61 Å². The van der Waals surface area contributed by atoms with Crippen LogP contribution in [-0.2, 0) is 20.7 Å². The molecule has 0 saturated carbocycles. The van der Waals surface area contributed by atoms with Crippen molar-refractivity contribution in [2.24, 2.45) is 0 Å². The Balaban J connectivity index is 1.92. The maximum absolute atomic E-state index is 12.7. The molecule has 2 amide bonds. The molecule has 1 N–H and O–H groups in total. The summed E-state index contributed by atoms with van der Waals surface area (Å²) in [4.78, 5) is 38.9. The first-order valence-corrected chi connectivity index (χ1v) is 9.26. The molecule has 0 aromatic heterocycles. The highest BCUT2D eigenvalue weighted by molar-refractivity contribution is 5.79. The summed E-state index contributed by atoms with van der Waals surface area (Å²) in [5.74, 6) is -0.694. The van der Waals surface area contributed by atoms with Gasteiger partial charge in [0.1, 0.15) is 11.4 Å². The van der Waals surface area contributed by atoms with Gasteiger partial charge in [-0.05, 0) is 45.4 Å². The van der Waals surface area contributed by atoms with Gasteiger partial charge < -0.3 is 24.4 Å². The van der Waals surface area contributed by atoms with Crippen molar-refractivity contribution < 1.29 is 29.0 Å². The Morgan fingerprint density at radius 3 is 2.54 bits per heavy atom. The smallest absolute Gasteiger partial charge is 0.410 e.